The van der Waals surface area contributed by atoms with Crippen molar-refractivity contribution in [2.45, 2.75) is 6.92 Å². The fourth-order valence-corrected chi connectivity index (χ4v) is 1.51. The monoisotopic (exact) mass is 201 g/mol. The maximum absolute atomic E-state index is 5.85. The van der Waals surface area contributed by atoms with E-state index in [0.717, 1.165) is 5.39 Å². The molecule has 0 radical (unpaired) electrons. The molecular formula is C7H5Cl2N3. The minimum absolute atomic E-state index is 0.431. The van der Waals surface area contributed by atoms with Gasteiger partial charge < -0.3 is 4.98 Å². The largest absolute Gasteiger partial charge is 0.330 e. The van der Waals surface area contributed by atoms with Crippen molar-refractivity contribution in [2.24, 2.45) is 0 Å². The highest BCUT2D eigenvalue weighted by Gasteiger charge is 2.05. The summed E-state index contributed by atoms with van der Waals surface area (Å²) in [5.41, 5.74) is 0.678. The van der Waals surface area contributed by atoms with E-state index < -0.39 is 0 Å². The molecule has 0 atom stereocenters. The molecule has 0 amide bonds. The van der Waals surface area contributed by atoms with E-state index in [1.165, 1.54) is 0 Å². The molecular weight excluding hydrogens is 197 g/mol. The first-order valence-electron chi connectivity index (χ1n) is 3.35. The van der Waals surface area contributed by atoms with Gasteiger partial charge in [-0.05, 0) is 13.0 Å². The summed E-state index contributed by atoms with van der Waals surface area (Å²) in [6.07, 6.45) is 0. The van der Waals surface area contributed by atoms with Crippen molar-refractivity contribution in [2.75, 3.05) is 0 Å². The van der Waals surface area contributed by atoms with Crippen molar-refractivity contribution in [1.82, 2.24) is 15.0 Å². The van der Waals surface area contributed by atoms with Crippen molar-refractivity contribution in [3.63, 3.8) is 0 Å². The Labute approximate surface area is 78.7 Å². The van der Waals surface area contributed by atoms with Gasteiger partial charge in [0.15, 0.2) is 0 Å². The Balaban J connectivity index is 2.88. The van der Waals surface area contributed by atoms with Gasteiger partial charge in [-0.15, -0.1) is 0 Å². The Kier molecular flexibility index (Phi) is 1.70. The van der Waals surface area contributed by atoms with Crippen molar-refractivity contribution in [3.05, 3.63) is 22.2 Å². The number of nitrogens with one attached hydrogen (secondary N) is 1. The van der Waals surface area contributed by atoms with Crippen LogP contribution >= 0.6 is 23.2 Å². The van der Waals surface area contributed by atoms with Crippen molar-refractivity contribution >= 4 is 34.2 Å². The molecule has 1 N–H and O–H groups in total. The summed E-state index contributed by atoms with van der Waals surface area (Å²) in [6, 6.07) is 1.71. The SMILES string of the molecule is Cc1nc(Cl)c2cc(Cl)[nH]c2n1. The van der Waals surface area contributed by atoms with Crippen LogP contribution in [0.15, 0.2) is 6.07 Å². The van der Waals surface area contributed by atoms with E-state index in [1.807, 2.05) is 0 Å². The summed E-state index contributed by atoms with van der Waals surface area (Å²) < 4.78 is 0. The number of aromatic amines is 1. The highest BCUT2D eigenvalue weighted by atomic mass is 35.5. The van der Waals surface area contributed by atoms with E-state index in [0.29, 0.717) is 21.8 Å². The van der Waals surface area contributed by atoms with Crippen LogP contribution in [0.5, 0.6) is 0 Å². The van der Waals surface area contributed by atoms with Crippen molar-refractivity contribution < 1.29 is 0 Å². The first-order chi connectivity index (χ1) is 5.66. The normalized spacial score (nSPS) is 10.9. The predicted octanol–water partition coefficient (Wildman–Crippen LogP) is 2.57. The second kappa shape index (κ2) is 2.61. The van der Waals surface area contributed by atoms with Gasteiger partial charge in [-0.1, -0.05) is 23.2 Å². The molecule has 0 spiro atoms. The van der Waals surface area contributed by atoms with Gasteiger partial charge >= 0.3 is 0 Å². The summed E-state index contributed by atoms with van der Waals surface area (Å²) in [5.74, 6) is 0.631. The van der Waals surface area contributed by atoms with Crippen LogP contribution in [0.3, 0.4) is 0 Å². The molecule has 0 aliphatic rings. The van der Waals surface area contributed by atoms with Gasteiger partial charge in [0.2, 0.25) is 0 Å². The number of hydrogen-bond acceptors (Lipinski definition) is 2. The Morgan fingerprint density at radius 1 is 1.33 bits per heavy atom. The molecule has 0 fully saturated rings. The van der Waals surface area contributed by atoms with Gasteiger partial charge in [0.05, 0.1) is 5.39 Å². The van der Waals surface area contributed by atoms with Crippen LogP contribution in [0.25, 0.3) is 11.0 Å². The van der Waals surface area contributed by atoms with Crippen LogP contribution in [0.1, 0.15) is 5.82 Å². The fourth-order valence-electron chi connectivity index (χ4n) is 1.05. The maximum Gasteiger partial charge on any atom is 0.143 e. The van der Waals surface area contributed by atoms with Gasteiger partial charge in [0.1, 0.15) is 21.8 Å². The molecule has 0 saturated heterocycles. The van der Waals surface area contributed by atoms with Crippen molar-refractivity contribution in [1.29, 1.82) is 0 Å². The second-order valence-electron chi connectivity index (χ2n) is 2.44. The average molecular weight is 202 g/mol. The van der Waals surface area contributed by atoms with Crippen molar-refractivity contribution in [3.8, 4) is 0 Å². The molecule has 2 aromatic rings. The molecule has 0 bridgehead atoms. The van der Waals surface area contributed by atoms with Crippen LogP contribution in [-0.4, -0.2) is 15.0 Å². The highest BCUT2D eigenvalue weighted by molar-refractivity contribution is 6.35. The van der Waals surface area contributed by atoms with E-state index in [-0.39, 0.29) is 0 Å². The quantitative estimate of drug-likeness (QED) is 0.667. The van der Waals surface area contributed by atoms with E-state index in [2.05, 4.69) is 15.0 Å². The Morgan fingerprint density at radius 2 is 2.08 bits per heavy atom. The molecule has 0 aliphatic heterocycles. The number of aryl methyl sites for hydroxylation is 1. The van der Waals surface area contributed by atoms with Crippen LogP contribution in [-0.2, 0) is 0 Å². The molecule has 2 rings (SSSR count). The van der Waals surface area contributed by atoms with E-state index >= 15 is 0 Å². The second-order valence-corrected chi connectivity index (χ2v) is 3.21. The molecule has 0 aromatic carbocycles. The van der Waals surface area contributed by atoms with Gasteiger partial charge in [0.25, 0.3) is 0 Å². The first kappa shape index (κ1) is 7.83. The van der Waals surface area contributed by atoms with Crippen LogP contribution in [0, 0.1) is 6.92 Å². The zero-order chi connectivity index (χ0) is 8.72. The van der Waals surface area contributed by atoms with Crippen LogP contribution < -0.4 is 0 Å². The Bertz CT molecular complexity index is 435. The van der Waals surface area contributed by atoms with Gasteiger partial charge in [-0.2, -0.15) is 0 Å². The predicted molar refractivity (Wildman–Crippen MR) is 48.6 cm³/mol. The molecule has 12 heavy (non-hydrogen) atoms. The molecule has 2 heterocycles. The molecule has 62 valence electrons. The molecule has 0 unspecified atom stereocenters. The highest BCUT2D eigenvalue weighted by Crippen LogP contribution is 2.22. The smallest absolute Gasteiger partial charge is 0.143 e. The molecule has 2 aromatic heterocycles. The summed E-state index contributed by atoms with van der Waals surface area (Å²) in [6.45, 7) is 1.78. The fraction of sp³-hybridized carbons (Fsp3) is 0.143. The zero-order valence-electron chi connectivity index (χ0n) is 6.23. The number of rotatable bonds is 0. The standard InChI is InChI=1S/C7H5Cl2N3/c1-3-10-6(9)4-2-5(8)12-7(4)11-3/h2H,1H3,(H,10,11,12). The number of nitrogens with zero attached hydrogens (tertiary/aromatic N) is 2. The molecule has 5 heteroatoms. The lowest BCUT2D eigenvalue weighted by molar-refractivity contribution is 1.08. The minimum atomic E-state index is 0.431. The number of hydrogen-bond donors (Lipinski definition) is 1. The minimum Gasteiger partial charge on any atom is -0.330 e. The number of halogens is 2. The number of fused-ring (bicyclic) bond motifs is 1. The zero-order valence-corrected chi connectivity index (χ0v) is 7.74. The topological polar surface area (TPSA) is 41.6 Å². The molecule has 3 nitrogen and oxygen atoms in total. The van der Waals surface area contributed by atoms with E-state index in [9.17, 15) is 0 Å². The van der Waals surface area contributed by atoms with E-state index in [1.54, 1.807) is 13.0 Å². The summed E-state index contributed by atoms with van der Waals surface area (Å²) in [5, 5.41) is 1.71. The summed E-state index contributed by atoms with van der Waals surface area (Å²) in [7, 11) is 0. The third kappa shape index (κ3) is 1.15. The van der Waals surface area contributed by atoms with Gasteiger partial charge in [0, 0.05) is 0 Å². The Morgan fingerprint density at radius 3 is 2.83 bits per heavy atom. The van der Waals surface area contributed by atoms with Crippen LogP contribution in [0.2, 0.25) is 10.3 Å². The molecule has 0 aliphatic carbocycles. The maximum atomic E-state index is 5.85. The average Bonchev–Trinajstić information content (AvgIpc) is 2.29. The number of aromatic nitrogens is 3. The third-order valence-corrected chi connectivity index (χ3v) is 2.01. The number of H-pyrrole nitrogens is 1. The van der Waals surface area contributed by atoms with Gasteiger partial charge in [-0.3, -0.25) is 0 Å². The lowest BCUT2D eigenvalue weighted by Crippen LogP contribution is -1.87. The first-order valence-corrected chi connectivity index (χ1v) is 4.11. The Hall–Kier alpha value is -0.800. The summed E-state index contributed by atoms with van der Waals surface area (Å²) >= 11 is 11.6. The van der Waals surface area contributed by atoms with Gasteiger partial charge in [-0.25, -0.2) is 9.97 Å². The third-order valence-electron chi connectivity index (χ3n) is 1.52. The van der Waals surface area contributed by atoms with Crippen LogP contribution in [0.4, 0.5) is 0 Å². The van der Waals surface area contributed by atoms with E-state index in [4.69, 9.17) is 23.2 Å². The lowest BCUT2D eigenvalue weighted by atomic mass is 10.4. The summed E-state index contributed by atoms with van der Waals surface area (Å²) in [4.78, 5) is 11.0. The lowest BCUT2D eigenvalue weighted by Gasteiger charge is -1.93. The molecule has 0 saturated carbocycles.